The van der Waals surface area contributed by atoms with Gasteiger partial charge in [-0.2, -0.15) is 0 Å². The molecule has 0 spiro atoms. The van der Waals surface area contributed by atoms with Crippen molar-refractivity contribution in [3.05, 3.63) is 57.9 Å². The summed E-state index contributed by atoms with van der Waals surface area (Å²) in [6.45, 7) is 1.11. The van der Waals surface area contributed by atoms with Gasteiger partial charge in [-0.25, -0.2) is 4.98 Å². The smallest absolute Gasteiger partial charge is 0.257 e. The Bertz CT molecular complexity index is 924. The van der Waals surface area contributed by atoms with Crippen LogP contribution >= 0.6 is 27.3 Å². The molecule has 1 aliphatic heterocycles. The van der Waals surface area contributed by atoms with Gasteiger partial charge >= 0.3 is 0 Å². The Balaban J connectivity index is 1.52. The molecule has 0 fully saturated rings. The molecule has 3 aromatic rings. The predicted octanol–water partition coefficient (Wildman–Crippen LogP) is 4.60. The standard InChI is InChI=1S/C18H13BrN2O3S/c19-13-4-1-11(2-5-13)17(22)21-18-20-14(10-25-18)12-3-6-15-16(9-12)24-8-7-23-15/h1-6,9-10H,7-8H2,(H,20,21,22). The number of hydrogen-bond acceptors (Lipinski definition) is 5. The minimum Gasteiger partial charge on any atom is -0.486 e. The number of halogens is 1. The molecule has 1 N–H and O–H groups in total. The maximum absolute atomic E-state index is 12.3. The quantitative estimate of drug-likeness (QED) is 0.677. The van der Waals surface area contributed by atoms with Crippen LogP contribution in [0.2, 0.25) is 0 Å². The SMILES string of the molecule is O=C(Nc1nc(-c2ccc3c(c2)OCCO3)cs1)c1ccc(Br)cc1. The van der Waals surface area contributed by atoms with Gasteiger partial charge in [-0.3, -0.25) is 10.1 Å². The first-order valence-electron chi connectivity index (χ1n) is 7.61. The van der Waals surface area contributed by atoms with Crippen LogP contribution in [0.15, 0.2) is 52.3 Å². The summed E-state index contributed by atoms with van der Waals surface area (Å²) in [6, 6.07) is 12.9. The van der Waals surface area contributed by atoms with Gasteiger partial charge in [-0.15, -0.1) is 11.3 Å². The van der Waals surface area contributed by atoms with E-state index in [1.165, 1.54) is 11.3 Å². The number of fused-ring (bicyclic) bond motifs is 1. The van der Waals surface area contributed by atoms with Crippen LogP contribution in [0.1, 0.15) is 10.4 Å². The Morgan fingerprint density at radius 3 is 2.64 bits per heavy atom. The number of carbonyl (C=O) groups is 1. The molecule has 25 heavy (non-hydrogen) atoms. The lowest BCUT2D eigenvalue weighted by Crippen LogP contribution is -2.15. The molecule has 0 aliphatic carbocycles. The Morgan fingerprint density at radius 1 is 1.08 bits per heavy atom. The fourth-order valence-corrected chi connectivity index (χ4v) is 3.42. The molecule has 7 heteroatoms. The Labute approximate surface area is 156 Å². The highest BCUT2D eigenvalue weighted by atomic mass is 79.9. The second-order valence-corrected chi connectivity index (χ2v) is 7.13. The molecule has 0 atom stereocenters. The average Bonchev–Trinajstić information content (AvgIpc) is 3.10. The van der Waals surface area contributed by atoms with Crippen LogP contribution in [0.3, 0.4) is 0 Å². The van der Waals surface area contributed by atoms with Crippen molar-refractivity contribution in [3.63, 3.8) is 0 Å². The highest BCUT2D eigenvalue weighted by Crippen LogP contribution is 2.35. The Hall–Kier alpha value is -2.38. The van der Waals surface area contributed by atoms with E-state index >= 15 is 0 Å². The third-order valence-corrected chi connectivity index (χ3v) is 4.96. The lowest BCUT2D eigenvalue weighted by Gasteiger charge is -2.18. The molecule has 126 valence electrons. The number of benzene rings is 2. The first kappa shape index (κ1) is 16.1. The third-order valence-electron chi connectivity index (χ3n) is 3.67. The number of thiazole rings is 1. The van der Waals surface area contributed by atoms with Crippen LogP contribution in [0.25, 0.3) is 11.3 Å². The van der Waals surface area contributed by atoms with Gasteiger partial charge < -0.3 is 9.47 Å². The van der Waals surface area contributed by atoms with E-state index in [-0.39, 0.29) is 5.91 Å². The number of nitrogens with one attached hydrogen (secondary N) is 1. The molecule has 2 aromatic carbocycles. The van der Waals surface area contributed by atoms with Crippen LogP contribution in [0.4, 0.5) is 5.13 Å². The van der Waals surface area contributed by atoms with Crippen LogP contribution < -0.4 is 14.8 Å². The topological polar surface area (TPSA) is 60.5 Å². The van der Waals surface area contributed by atoms with Gasteiger partial charge in [0.2, 0.25) is 0 Å². The van der Waals surface area contributed by atoms with E-state index in [9.17, 15) is 4.79 Å². The zero-order chi connectivity index (χ0) is 17.2. The Kier molecular flexibility index (Phi) is 4.42. The number of nitrogens with zero attached hydrogens (tertiary/aromatic N) is 1. The third kappa shape index (κ3) is 3.52. The van der Waals surface area contributed by atoms with E-state index in [0.717, 1.165) is 27.2 Å². The molecule has 4 rings (SSSR count). The van der Waals surface area contributed by atoms with E-state index in [4.69, 9.17) is 9.47 Å². The fraction of sp³-hybridized carbons (Fsp3) is 0.111. The minimum absolute atomic E-state index is 0.185. The van der Waals surface area contributed by atoms with Gasteiger partial charge in [-0.05, 0) is 42.5 Å². The molecule has 1 aliphatic rings. The molecule has 1 amide bonds. The van der Waals surface area contributed by atoms with Gasteiger partial charge in [0.25, 0.3) is 5.91 Å². The maximum Gasteiger partial charge on any atom is 0.257 e. The minimum atomic E-state index is -0.185. The number of aromatic nitrogens is 1. The Morgan fingerprint density at radius 2 is 1.84 bits per heavy atom. The first-order chi connectivity index (χ1) is 12.2. The van der Waals surface area contributed by atoms with Crippen LogP contribution in [-0.2, 0) is 0 Å². The molecule has 0 unspecified atom stereocenters. The van der Waals surface area contributed by atoms with Crippen molar-refractivity contribution < 1.29 is 14.3 Å². The number of hydrogen-bond donors (Lipinski definition) is 1. The molecule has 0 radical (unpaired) electrons. The molecule has 2 heterocycles. The van der Waals surface area contributed by atoms with Crippen molar-refractivity contribution in [2.75, 3.05) is 18.5 Å². The number of carbonyl (C=O) groups excluding carboxylic acids is 1. The van der Waals surface area contributed by atoms with Crippen molar-refractivity contribution >= 4 is 38.3 Å². The summed E-state index contributed by atoms with van der Waals surface area (Å²) >= 11 is 4.74. The van der Waals surface area contributed by atoms with Crippen molar-refractivity contribution in [1.29, 1.82) is 0 Å². The highest BCUT2D eigenvalue weighted by Gasteiger charge is 2.14. The number of rotatable bonds is 3. The summed E-state index contributed by atoms with van der Waals surface area (Å²) < 4.78 is 12.1. The van der Waals surface area contributed by atoms with Crippen LogP contribution in [0.5, 0.6) is 11.5 Å². The lowest BCUT2D eigenvalue weighted by molar-refractivity contribution is 0.102. The molecule has 0 saturated heterocycles. The number of anilines is 1. The second kappa shape index (κ2) is 6.85. The molecule has 5 nitrogen and oxygen atoms in total. The number of amides is 1. The van der Waals surface area contributed by atoms with Crippen molar-refractivity contribution in [2.24, 2.45) is 0 Å². The van der Waals surface area contributed by atoms with Crippen molar-refractivity contribution in [2.45, 2.75) is 0 Å². The summed E-state index contributed by atoms with van der Waals surface area (Å²) in [5.41, 5.74) is 2.29. The molecule has 1 aromatic heterocycles. The highest BCUT2D eigenvalue weighted by molar-refractivity contribution is 9.10. The van der Waals surface area contributed by atoms with Gasteiger partial charge in [0, 0.05) is 21.0 Å². The average molecular weight is 417 g/mol. The molecule has 0 saturated carbocycles. The van der Waals surface area contributed by atoms with Crippen LogP contribution in [0, 0.1) is 0 Å². The summed E-state index contributed by atoms with van der Waals surface area (Å²) in [4.78, 5) is 16.8. The fourth-order valence-electron chi connectivity index (χ4n) is 2.44. The molecule has 0 bridgehead atoms. The summed E-state index contributed by atoms with van der Waals surface area (Å²) in [5, 5.41) is 5.29. The number of ether oxygens (including phenoxy) is 2. The van der Waals surface area contributed by atoms with E-state index < -0.39 is 0 Å². The molecular formula is C18H13BrN2O3S. The van der Waals surface area contributed by atoms with Gasteiger partial charge in [0.15, 0.2) is 16.6 Å². The maximum atomic E-state index is 12.3. The normalized spacial score (nSPS) is 12.7. The second-order valence-electron chi connectivity index (χ2n) is 5.36. The lowest BCUT2D eigenvalue weighted by atomic mass is 10.1. The van der Waals surface area contributed by atoms with Gasteiger partial charge in [0.1, 0.15) is 13.2 Å². The van der Waals surface area contributed by atoms with E-state index in [0.29, 0.717) is 23.9 Å². The largest absolute Gasteiger partial charge is 0.486 e. The van der Waals surface area contributed by atoms with Gasteiger partial charge in [-0.1, -0.05) is 15.9 Å². The zero-order valence-electron chi connectivity index (χ0n) is 13.0. The van der Waals surface area contributed by atoms with Crippen LogP contribution in [-0.4, -0.2) is 24.1 Å². The summed E-state index contributed by atoms with van der Waals surface area (Å²) in [5.74, 6) is 1.28. The van der Waals surface area contributed by atoms with Crippen molar-refractivity contribution in [1.82, 2.24) is 4.98 Å². The van der Waals surface area contributed by atoms with Crippen molar-refractivity contribution in [3.8, 4) is 22.8 Å². The predicted molar refractivity (Wildman–Crippen MR) is 101 cm³/mol. The zero-order valence-corrected chi connectivity index (χ0v) is 15.4. The summed E-state index contributed by atoms with van der Waals surface area (Å²) in [7, 11) is 0. The van der Waals surface area contributed by atoms with Gasteiger partial charge in [0.05, 0.1) is 5.69 Å². The first-order valence-corrected chi connectivity index (χ1v) is 9.29. The van der Waals surface area contributed by atoms with E-state index in [1.54, 1.807) is 12.1 Å². The molecular weight excluding hydrogens is 404 g/mol. The van der Waals surface area contributed by atoms with E-state index in [1.807, 2.05) is 35.7 Å². The monoisotopic (exact) mass is 416 g/mol. The summed E-state index contributed by atoms with van der Waals surface area (Å²) in [6.07, 6.45) is 0. The van der Waals surface area contributed by atoms with E-state index in [2.05, 4.69) is 26.2 Å².